The maximum Gasteiger partial charge on any atom is 0.227 e. The highest BCUT2D eigenvalue weighted by atomic mass is 35.5. The molecule has 23 heavy (non-hydrogen) atoms. The molecule has 1 heterocycles. The van der Waals surface area contributed by atoms with Crippen LogP contribution in [0.2, 0.25) is 5.02 Å². The molecule has 2 amide bonds. The minimum Gasteiger partial charge on any atom is -0.395 e. The smallest absolute Gasteiger partial charge is 0.227 e. The summed E-state index contributed by atoms with van der Waals surface area (Å²) in [6, 6.07) is 7.03. The van der Waals surface area contributed by atoms with Crippen molar-refractivity contribution in [1.29, 1.82) is 0 Å². The first-order chi connectivity index (χ1) is 11.0. The van der Waals surface area contributed by atoms with Gasteiger partial charge in [-0.05, 0) is 31.0 Å². The first-order valence-electron chi connectivity index (χ1n) is 7.90. The predicted molar refractivity (Wildman–Crippen MR) is 89.0 cm³/mol. The fourth-order valence-corrected chi connectivity index (χ4v) is 3.43. The van der Waals surface area contributed by atoms with E-state index >= 15 is 0 Å². The monoisotopic (exact) mass is 338 g/mol. The second-order valence-corrected chi connectivity index (χ2v) is 6.24. The molecule has 6 heteroatoms. The number of likely N-dealkylation sites (N-methyl/N-ethyl adjacent to an activating group) is 1. The lowest BCUT2D eigenvalue weighted by Crippen LogP contribution is -2.48. The number of halogens is 1. The summed E-state index contributed by atoms with van der Waals surface area (Å²) in [6.45, 7) is 2.67. The van der Waals surface area contributed by atoms with Crippen molar-refractivity contribution in [3.05, 3.63) is 34.9 Å². The quantitative estimate of drug-likeness (QED) is 0.894. The van der Waals surface area contributed by atoms with Crippen molar-refractivity contribution in [2.75, 3.05) is 26.7 Å². The van der Waals surface area contributed by atoms with Gasteiger partial charge in [-0.15, -0.1) is 0 Å². The van der Waals surface area contributed by atoms with Gasteiger partial charge in [0, 0.05) is 31.6 Å². The average molecular weight is 339 g/mol. The summed E-state index contributed by atoms with van der Waals surface area (Å²) in [5.41, 5.74) is 0.878. The molecule has 1 aliphatic heterocycles. The fourth-order valence-electron chi connectivity index (χ4n) is 3.23. The third kappa shape index (κ3) is 3.85. The number of carbonyl (C=O) groups is 2. The Kier molecular flexibility index (Phi) is 6.02. The maximum atomic E-state index is 12.8. The molecule has 0 unspecified atom stereocenters. The first kappa shape index (κ1) is 17.8. The second-order valence-electron chi connectivity index (χ2n) is 5.81. The van der Waals surface area contributed by atoms with Crippen LogP contribution in [0.5, 0.6) is 0 Å². The molecule has 0 spiro atoms. The maximum absolute atomic E-state index is 12.8. The van der Waals surface area contributed by atoms with E-state index in [1.807, 2.05) is 25.1 Å². The molecular formula is C17H23ClN2O3. The standard InChI is InChI=1S/C17H23ClN2O3/c1-3-20-15(22)8-7-14(17(23)19(2)9-10-21)16(20)12-5-4-6-13(18)11-12/h4-6,11,14,16,21H,3,7-10H2,1-2H3/t14-,16+/m1/s1. The number of aliphatic hydroxyl groups excluding tert-OH is 1. The van der Waals surface area contributed by atoms with Crippen molar-refractivity contribution in [1.82, 2.24) is 9.80 Å². The van der Waals surface area contributed by atoms with Crippen LogP contribution >= 0.6 is 11.6 Å². The summed E-state index contributed by atoms with van der Waals surface area (Å²) < 4.78 is 0. The van der Waals surface area contributed by atoms with E-state index in [0.717, 1.165) is 5.56 Å². The zero-order valence-corrected chi connectivity index (χ0v) is 14.3. The Bertz CT molecular complexity index is 579. The Morgan fingerprint density at radius 2 is 2.22 bits per heavy atom. The highest BCUT2D eigenvalue weighted by Crippen LogP contribution is 2.38. The number of carbonyl (C=O) groups excluding carboxylic acids is 2. The van der Waals surface area contributed by atoms with Crippen LogP contribution in [0.1, 0.15) is 31.4 Å². The summed E-state index contributed by atoms with van der Waals surface area (Å²) >= 11 is 6.10. The molecule has 1 aromatic carbocycles. The van der Waals surface area contributed by atoms with Crippen LogP contribution in [0.25, 0.3) is 0 Å². The van der Waals surface area contributed by atoms with Crippen molar-refractivity contribution in [2.45, 2.75) is 25.8 Å². The van der Waals surface area contributed by atoms with Gasteiger partial charge >= 0.3 is 0 Å². The van der Waals surface area contributed by atoms with E-state index in [-0.39, 0.29) is 36.9 Å². The summed E-state index contributed by atoms with van der Waals surface area (Å²) in [7, 11) is 1.68. The number of benzene rings is 1. The van der Waals surface area contributed by atoms with Crippen LogP contribution in [0, 0.1) is 5.92 Å². The molecular weight excluding hydrogens is 316 g/mol. The van der Waals surface area contributed by atoms with Gasteiger partial charge in [-0.1, -0.05) is 23.7 Å². The number of hydrogen-bond acceptors (Lipinski definition) is 3. The lowest BCUT2D eigenvalue weighted by Gasteiger charge is -2.41. The largest absolute Gasteiger partial charge is 0.395 e. The minimum absolute atomic E-state index is 0.0463. The number of rotatable bonds is 5. The molecule has 0 aliphatic carbocycles. The molecule has 1 N–H and O–H groups in total. The zero-order valence-electron chi connectivity index (χ0n) is 13.5. The second kappa shape index (κ2) is 7.79. The molecule has 1 aliphatic rings. The van der Waals surface area contributed by atoms with E-state index in [1.54, 1.807) is 18.0 Å². The van der Waals surface area contributed by atoms with E-state index in [0.29, 0.717) is 24.4 Å². The zero-order chi connectivity index (χ0) is 17.0. The highest BCUT2D eigenvalue weighted by molar-refractivity contribution is 6.30. The van der Waals surface area contributed by atoms with Crippen LogP contribution in [0.15, 0.2) is 24.3 Å². The number of nitrogens with zero attached hydrogens (tertiary/aromatic N) is 2. The summed E-state index contributed by atoms with van der Waals surface area (Å²) in [5, 5.41) is 9.66. The minimum atomic E-state index is -0.317. The molecule has 1 saturated heterocycles. The third-order valence-corrected chi connectivity index (χ3v) is 4.60. The van der Waals surface area contributed by atoms with E-state index in [2.05, 4.69) is 0 Å². The fraction of sp³-hybridized carbons (Fsp3) is 0.529. The van der Waals surface area contributed by atoms with Gasteiger partial charge in [0.15, 0.2) is 0 Å². The van der Waals surface area contributed by atoms with E-state index in [1.165, 1.54) is 4.90 Å². The van der Waals surface area contributed by atoms with E-state index in [9.17, 15) is 9.59 Å². The van der Waals surface area contributed by atoms with Crippen molar-refractivity contribution >= 4 is 23.4 Å². The molecule has 0 aromatic heterocycles. The Morgan fingerprint density at radius 1 is 1.48 bits per heavy atom. The van der Waals surface area contributed by atoms with Crippen molar-refractivity contribution in [2.24, 2.45) is 5.92 Å². The summed E-state index contributed by atoms with van der Waals surface area (Å²) in [6.07, 6.45) is 0.884. The lowest BCUT2D eigenvalue weighted by atomic mass is 9.83. The van der Waals surface area contributed by atoms with Gasteiger partial charge < -0.3 is 14.9 Å². The van der Waals surface area contributed by atoms with Gasteiger partial charge in [-0.25, -0.2) is 0 Å². The average Bonchev–Trinajstić information content (AvgIpc) is 2.54. The lowest BCUT2D eigenvalue weighted by molar-refractivity contribution is -0.147. The van der Waals surface area contributed by atoms with Crippen LogP contribution in [-0.4, -0.2) is 53.5 Å². The van der Waals surface area contributed by atoms with Crippen LogP contribution in [-0.2, 0) is 9.59 Å². The number of piperidine rings is 1. The van der Waals surface area contributed by atoms with Crippen LogP contribution in [0.3, 0.4) is 0 Å². The van der Waals surface area contributed by atoms with Crippen molar-refractivity contribution < 1.29 is 14.7 Å². The van der Waals surface area contributed by atoms with Gasteiger partial charge in [0.2, 0.25) is 11.8 Å². The molecule has 5 nitrogen and oxygen atoms in total. The van der Waals surface area contributed by atoms with Crippen molar-refractivity contribution in [3.63, 3.8) is 0 Å². The Balaban J connectivity index is 2.38. The summed E-state index contributed by atoms with van der Waals surface area (Å²) in [4.78, 5) is 28.3. The molecule has 2 atom stereocenters. The van der Waals surface area contributed by atoms with Gasteiger partial charge in [0.05, 0.1) is 18.6 Å². The molecule has 1 aromatic rings. The van der Waals surface area contributed by atoms with Gasteiger partial charge in [0.25, 0.3) is 0 Å². The molecule has 1 fully saturated rings. The van der Waals surface area contributed by atoms with E-state index in [4.69, 9.17) is 16.7 Å². The Labute approximate surface area is 141 Å². The van der Waals surface area contributed by atoms with Crippen molar-refractivity contribution in [3.8, 4) is 0 Å². The number of aliphatic hydroxyl groups is 1. The van der Waals surface area contributed by atoms with E-state index < -0.39 is 0 Å². The molecule has 0 bridgehead atoms. The van der Waals surface area contributed by atoms with Gasteiger partial charge in [0.1, 0.15) is 0 Å². The Morgan fingerprint density at radius 3 is 2.83 bits per heavy atom. The third-order valence-electron chi connectivity index (χ3n) is 4.37. The predicted octanol–water partition coefficient (Wildman–Crippen LogP) is 2.09. The molecule has 126 valence electrons. The first-order valence-corrected chi connectivity index (χ1v) is 8.28. The highest BCUT2D eigenvalue weighted by Gasteiger charge is 2.40. The summed E-state index contributed by atoms with van der Waals surface area (Å²) in [5.74, 6) is -0.302. The van der Waals surface area contributed by atoms with Gasteiger partial charge in [-0.2, -0.15) is 0 Å². The molecule has 0 saturated carbocycles. The normalized spacial score (nSPS) is 21.4. The molecule has 0 radical (unpaired) electrons. The topological polar surface area (TPSA) is 60.9 Å². The van der Waals surface area contributed by atoms with Crippen LogP contribution in [0.4, 0.5) is 0 Å². The number of likely N-dealkylation sites (tertiary alicyclic amines) is 1. The van der Waals surface area contributed by atoms with Gasteiger partial charge in [-0.3, -0.25) is 9.59 Å². The Hall–Kier alpha value is -1.59. The van der Waals surface area contributed by atoms with Crippen LogP contribution < -0.4 is 0 Å². The number of hydrogen-bond donors (Lipinski definition) is 1. The SMILES string of the molecule is CCN1C(=O)CC[C@@H](C(=O)N(C)CCO)[C@@H]1c1cccc(Cl)c1. The number of amides is 2. The molecule has 2 rings (SSSR count).